The van der Waals surface area contributed by atoms with Gasteiger partial charge in [-0.25, -0.2) is 4.57 Å². The number of allylic oxidation sites excluding steroid dienone is 12. The van der Waals surface area contributed by atoms with Crippen LogP contribution in [0.15, 0.2) is 72.9 Å². The molecule has 0 aromatic rings. The zero-order valence-electron chi connectivity index (χ0n) is 34.1. The van der Waals surface area contributed by atoms with Crippen molar-refractivity contribution < 1.29 is 47.8 Å². The minimum absolute atomic E-state index is 0.155. The number of phosphoric acid groups is 1. The molecule has 0 fully saturated rings. The Morgan fingerprint density at radius 1 is 0.564 bits per heavy atom. The third-order valence-electron chi connectivity index (χ3n) is 8.34. The average Bonchev–Trinajstić information content (AvgIpc) is 3.17. The average molecular weight is 795 g/mol. The van der Waals surface area contributed by atoms with Crippen LogP contribution in [0.25, 0.3) is 0 Å². The van der Waals surface area contributed by atoms with Crippen molar-refractivity contribution in [2.75, 3.05) is 26.4 Å². The predicted molar refractivity (Wildman–Crippen MR) is 223 cm³/mol. The van der Waals surface area contributed by atoms with Gasteiger partial charge < -0.3 is 24.6 Å². The molecule has 0 bridgehead atoms. The van der Waals surface area contributed by atoms with E-state index in [1.165, 1.54) is 32.1 Å². The van der Waals surface area contributed by atoms with E-state index in [1.807, 2.05) is 0 Å². The Labute approximate surface area is 333 Å². The number of phosphoric ester groups is 1. The second-order valence-electron chi connectivity index (χ2n) is 13.7. The number of aliphatic hydroxyl groups is 2. The van der Waals surface area contributed by atoms with Crippen LogP contribution in [-0.2, 0) is 32.7 Å². The normalized spacial score (nSPS) is 14.6. The van der Waals surface area contributed by atoms with E-state index in [0.29, 0.717) is 12.8 Å². The summed E-state index contributed by atoms with van der Waals surface area (Å²) in [5, 5.41) is 18.3. The number of carbonyl (C=O) groups is 2. The Bertz CT molecular complexity index is 1140. The largest absolute Gasteiger partial charge is 0.472 e. The zero-order valence-corrected chi connectivity index (χ0v) is 35.0. The van der Waals surface area contributed by atoms with Gasteiger partial charge in [0.2, 0.25) is 0 Å². The highest BCUT2D eigenvalue weighted by atomic mass is 31.2. The summed E-state index contributed by atoms with van der Waals surface area (Å²) < 4.78 is 32.6. The Hall–Kier alpha value is -2.59. The molecule has 0 aliphatic heterocycles. The Balaban J connectivity index is 4.42. The van der Waals surface area contributed by atoms with E-state index in [4.69, 9.17) is 19.1 Å². The molecule has 55 heavy (non-hydrogen) atoms. The van der Waals surface area contributed by atoms with Gasteiger partial charge in [-0.2, -0.15) is 0 Å². The summed E-state index contributed by atoms with van der Waals surface area (Å²) in [6.45, 7) is 2.21. The molecule has 0 saturated heterocycles. The van der Waals surface area contributed by atoms with Crippen LogP contribution in [0, 0.1) is 0 Å². The summed E-state index contributed by atoms with van der Waals surface area (Å²) in [5.41, 5.74) is 0. The van der Waals surface area contributed by atoms with Crippen molar-refractivity contribution in [3.63, 3.8) is 0 Å². The maximum atomic E-state index is 12.6. The number of rotatable bonds is 38. The van der Waals surface area contributed by atoms with Crippen molar-refractivity contribution in [1.82, 2.24) is 0 Å². The van der Waals surface area contributed by atoms with E-state index >= 15 is 0 Å². The first kappa shape index (κ1) is 52.4. The van der Waals surface area contributed by atoms with E-state index < -0.39 is 51.8 Å². The highest BCUT2D eigenvalue weighted by Crippen LogP contribution is 2.43. The number of hydrogen-bond donors (Lipinski definition) is 3. The first-order valence-electron chi connectivity index (χ1n) is 20.9. The minimum Gasteiger partial charge on any atom is -0.462 e. The van der Waals surface area contributed by atoms with Crippen LogP contribution >= 0.6 is 7.82 Å². The van der Waals surface area contributed by atoms with Crippen molar-refractivity contribution >= 4 is 19.8 Å². The highest BCUT2D eigenvalue weighted by molar-refractivity contribution is 7.47. The lowest BCUT2D eigenvalue weighted by molar-refractivity contribution is -0.161. The molecule has 0 aromatic heterocycles. The molecule has 0 aliphatic carbocycles. The molecule has 0 aromatic carbocycles. The predicted octanol–water partition coefficient (Wildman–Crippen LogP) is 10.9. The molecule has 0 amide bonds. The lowest BCUT2D eigenvalue weighted by atomic mass is 10.1. The Morgan fingerprint density at radius 2 is 1.04 bits per heavy atom. The first-order chi connectivity index (χ1) is 26.7. The Kier molecular flexibility index (Phi) is 37.8. The summed E-state index contributed by atoms with van der Waals surface area (Å²) in [6, 6.07) is 0. The summed E-state index contributed by atoms with van der Waals surface area (Å²) in [4.78, 5) is 34.9. The summed E-state index contributed by atoms with van der Waals surface area (Å²) in [5.74, 6) is -0.986. The number of hydrogen-bond acceptors (Lipinski definition) is 9. The maximum Gasteiger partial charge on any atom is 0.472 e. The lowest BCUT2D eigenvalue weighted by Gasteiger charge is -2.20. The van der Waals surface area contributed by atoms with Crippen LogP contribution in [0.5, 0.6) is 0 Å². The van der Waals surface area contributed by atoms with Crippen LogP contribution in [0.3, 0.4) is 0 Å². The van der Waals surface area contributed by atoms with Crippen LogP contribution in [-0.4, -0.2) is 65.7 Å². The van der Waals surface area contributed by atoms with Gasteiger partial charge in [0.1, 0.15) is 12.7 Å². The quantitative estimate of drug-likeness (QED) is 0.0181. The number of unbranched alkanes of at least 4 members (excludes halogenated alkanes) is 13. The summed E-state index contributed by atoms with van der Waals surface area (Å²) in [7, 11) is -4.63. The molecule has 0 aliphatic rings. The third-order valence-corrected chi connectivity index (χ3v) is 9.29. The monoisotopic (exact) mass is 795 g/mol. The van der Waals surface area contributed by atoms with Gasteiger partial charge in [-0.15, -0.1) is 0 Å². The van der Waals surface area contributed by atoms with Gasteiger partial charge >= 0.3 is 19.8 Å². The number of aliphatic hydroxyl groups excluding tert-OH is 2. The highest BCUT2D eigenvalue weighted by Gasteiger charge is 2.27. The standard InChI is InChI=1S/C44H75O10P/c1-3-5-7-9-11-13-15-17-19-20-22-23-25-27-29-31-33-35-43(47)51-39-42(40-53-55(49,50)52-38-41(46)37-45)54-44(48)36-34-32-30-28-26-24-21-18-16-14-12-10-8-6-4-2/h7,9,13-16,18-21,23,25,41-42,45-46H,3-6,8,10-12,17,22,24,26-40H2,1-2H3,(H,49,50)/b9-7+,15-13+,16-14+,20-19+,21-18+,25-23+/t41-,42+/m0/s1. The molecule has 0 heterocycles. The van der Waals surface area contributed by atoms with Gasteiger partial charge in [-0.3, -0.25) is 18.6 Å². The Morgan fingerprint density at radius 3 is 1.62 bits per heavy atom. The summed E-state index contributed by atoms with van der Waals surface area (Å²) >= 11 is 0. The van der Waals surface area contributed by atoms with E-state index in [2.05, 4.69) is 91.3 Å². The van der Waals surface area contributed by atoms with Gasteiger partial charge in [0.25, 0.3) is 0 Å². The van der Waals surface area contributed by atoms with Crippen molar-refractivity contribution in [2.24, 2.45) is 0 Å². The molecule has 10 nitrogen and oxygen atoms in total. The molecule has 0 rings (SSSR count). The first-order valence-corrected chi connectivity index (χ1v) is 22.4. The van der Waals surface area contributed by atoms with Crippen LogP contribution in [0.4, 0.5) is 0 Å². The second kappa shape index (κ2) is 39.6. The number of esters is 2. The third kappa shape index (κ3) is 39.4. The smallest absolute Gasteiger partial charge is 0.462 e. The van der Waals surface area contributed by atoms with Crippen molar-refractivity contribution in [1.29, 1.82) is 0 Å². The summed E-state index contributed by atoms with van der Waals surface area (Å²) in [6.07, 6.45) is 44.3. The SMILES string of the molecule is CCC/C=C/C/C=C/C/C=C/C/C=C/CCCCCC(=O)OC[C@H](COP(=O)(O)OC[C@@H](O)CO)OC(=O)CCCCCCC/C=C/C=C/CCCCCC. The molecule has 316 valence electrons. The fourth-order valence-electron chi connectivity index (χ4n) is 5.09. The van der Waals surface area contributed by atoms with Gasteiger partial charge in [0.15, 0.2) is 6.10 Å². The molecular weight excluding hydrogens is 719 g/mol. The van der Waals surface area contributed by atoms with E-state index in [9.17, 15) is 24.2 Å². The fourth-order valence-corrected chi connectivity index (χ4v) is 5.88. The molecule has 0 saturated carbocycles. The maximum absolute atomic E-state index is 12.6. The van der Waals surface area contributed by atoms with Crippen LogP contribution in [0.2, 0.25) is 0 Å². The molecular formula is C44H75O10P. The minimum atomic E-state index is -4.63. The fraction of sp³-hybridized carbons (Fsp3) is 0.682. The van der Waals surface area contributed by atoms with Gasteiger partial charge in [0.05, 0.1) is 19.8 Å². The van der Waals surface area contributed by atoms with Gasteiger partial charge in [-0.05, 0) is 77.0 Å². The zero-order chi connectivity index (χ0) is 40.5. The number of carbonyl (C=O) groups excluding carboxylic acids is 2. The molecule has 0 spiro atoms. The van der Waals surface area contributed by atoms with E-state index in [0.717, 1.165) is 83.5 Å². The second-order valence-corrected chi connectivity index (χ2v) is 15.1. The molecule has 0 radical (unpaired) electrons. The molecule has 3 atom stereocenters. The molecule has 11 heteroatoms. The molecule has 1 unspecified atom stereocenters. The number of ether oxygens (including phenoxy) is 2. The van der Waals surface area contributed by atoms with Gasteiger partial charge in [0, 0.05) is 12.8 Å². The van der Waals surface area contributed by atoms with Crippen molar-refractivity contribution in [3.8, 4) is 0 Å². The van der Waals surface area contributed by atoms with E-state index in [-0.39, 0.29) is 19.4 Å². The topological polar surface area (TPSA) is 149 Å². The van der Waals surface area contributed by atoms with Crippen LogP contribution < -0.4 is 0 Å². The van der Waals surface area contributed by atoms with Crippen molar-refractivity contribution in [3.05, 3.63) is 72.9 Å². The lowest BCUT2D eigenvalue weighted by Crippen LogP contribution is -2.29. The van der Waals surface area contributed by atoms with Crippen LogP contribution in [0.1, 0.15) is 155 Å². The molecule has 3 N–H and O–H groups in total. The van der Waals surface area contributed by atoms with E-state index in [1.54, 1.807) is 0 Å². The van der Waals surface area contributed by atoms with Crippen molar-refractivity contribution in [2.45, 2.75) is 167 Å². The van der Waals surface area contributed by atoms with Gasteiger partial charge in [-0.1, -0.05) is 138 Å².